The summed E-state index contributed by atoms with van der Waals surface area (Å²) in [4.78, 5) is 25.0. The molecule has 28 heavy (non-hydrogen) atoms. The van der Waals surface area contributed by atoms with Gasteiger partial charge in [-0.3, -0.25) is 9.59 Å². The summed E-state index contributed by atoms with van der Waals surface area (Å²) in [7, 11) is 0. The average Bonchev–Trinajstić information content (AvgIpc) is 2.69. The number of hydrogen-bond acceptors (Lipinski definition) is 3. The number of para-hydroxylation sites is 3. The molecule has 3 aromatic rings. The third-order valence-corrected chi connectivity index (χ3v) is 4.38. The van der Waals surface area contributed by atoms with Crippen LogP contribution in [0.1, 0.15) is 21.5 Å². The van der Waals surface area contributed by atoms with Crippen molar-refractivity contribution in [3.8, 4) is 0 Å². The van der Waals surface area contributed by atoms with E-state index >= 15 is 0 Å². The van der Waals surface area contributed by atoms with E-state index in [0.717, 1.165) is 16.8 Å². The molecule has 0 aromatic heterocycles. The zero-order valence-electron chi connectivity index (χ0n) is 16.0. The molecule has 0 unspecified atom stereocenters. The van der Waals surface area contributed by atoms with Crippen LogP contribution < -0.4 is 16.0 Å². The Hall–Kier alpha value is -3.60. The van der Waals surface area contributed by atoms with E-state index in [2.05, 4.69) is 16.0 Å². The lowest BCUT2D eigenvalue weighted by atomic mass is 10.1. The van der Waals surface area contributed by atoms with Gasteiger partial charge in [0, 0.05) is 11.4 Å². The number of carbonyl (C=O) groups excluding carboxylic acids is 2. The topological polar surface area (TPSA) is 70.2 Å². The second-order valence-corrected chi connectivity index (χ2v) is 6.53. The fraction of sp³-hybridized carbons (Fsp3) is 0.130. The predicted octanol–water partition coefficient (Wildman–Crippen LogP) is 4.61. The van der Waals surface area contributed by atoms with Gasteiger partial charge in [0.1, 0.15) is 0 Å². The summed E-state index contributed by atoms with van der Waals surface area (Å²) >= 11 is 0. The van der Waals surface area contributed by atoms with Gasteiger partial charge in [0.25, 0.3) is 5.91 Å². The van der Waals surface area contributed by atoms with E-state index in [4.69, 9.17) is 0 Å². The maximum absolute atomic E-state index is 12.6. The van der Waals surface area contributed by atoms with Crippen LogP contribution >= 0.6 is 0 Å². The standard InChI is InChI=1S/C23H23N3O2/c1-16-9-8-10-17(2)22(16)24-15-21(27)26-20-14-7-6-13-19(20)23(28)25-18-11-4-3-5-12-18/h3-14,24H,15H2,1-2H3,(H,25,28)(H,26,27). The van der Waals surface area contributed by atoms with E-state index in [1.807, 2.05) is 62.4 Å². The summed E-state index contributed by atoms with van der Waals surface area (Å²) in [6, 6.07) is 22.1. The van der Waals surface area contributed by atoms with Crippen LogP contribution in [0.3, 0.4) is 0 Å². The number of nitrogens with one attached hydrogen (secondary N) is 3. The number of carbonyl (C=O) groups is 2. The molecule has 0 aliphatic heterocycles. The number of rotatable bonds is 6. The summed E-state index contributed by atoms with van der Waals surface area (Å²) in [6.45, 7) is 4.10. The van der Waals surface area contributed by atoms with Crippen LogP contribution in [0.15, 0.2) is 72.8 Å². The van der Waals surface area contributed by atoms with Crippen LogP contribution in [0.25, 0.3) is 0 Å². The summed E-state index contributed by atoms with van der Waals surface area (Å²) < 4.78 is 0. The molecular weight excluding hydrogens is 350 g/mol. The van der Waals surface area contributed by atoms with E-state index < -0.39 is 0 Å². The first kappa shape index (κ1) is 19.2. The minimum atomic E-state index is -0.273. The summed E-state index contributed by atoms with van der Waals surface area (Å²) in [6.07, 6.45) is 0. The quantitative estimate of drug-likeness (QED) is 0.591. The van der Waals surface area contributed by atoms with Gasteiger partial charge in [-0.05, 0) is 49.2 Å². The monoisotopic (exact) mass is 373 g/mol. The molecule has 2 amide bonds. The number of benzene rings is 3. The van der Waals surface area contributed by atoms with Crippen LogP contribution in [0.5, 0.6) is 0 Å². The Morgan fingerprint density at radius 1 is 0.750 bits per heavy atom. The van der Waals surface area contributed by atoms with Crippen molar-refractivity contribution in [3.63, 3.8) is 0 Å². The lowest BCUT2D eigenvalue weighted by Crippen LogP contribution is -2.24. The Kier molecular flexibility index (Phi) is 6.07. The minimum absolute atomic E-state index is 0.111. The Morgan fingerprint density at radius 3 is 2.11 bits per heavy atom. The van der Waals surface area contributed by atoms with Crippen molar-refractivity contribution in [1.29, 1.82) is 0 Å². The molecule has 0 saturated carbocycles. The number of aryl methyl sites for hydroxylation is 2. The first-order valence-corrected chi connectivity index (χ1v) is 9.10. The number of anilines is 3. The van der Waals surface area contributed by atoms with Gasteiger partial charge in [-0.1, -0.05) is 48.5 Å². The van der Waals surface area contributed by atoms with Crippen molar-refractivity contribution in [1.82, 2.24) is 0 Å². The molecular formula is C23H23N3O2. The fourth-order valence-corrected chi connectivity index (χ4v) is 2.97. The Bertz CT molecular complexity index is 964. The first-order valence-electron chi connectivity index (χ1n) is 9.10. The van der Waals surface area contributed by atoms with E-state index in [0.29, 0.717) is 16.9 Å². The van der Waals surface area contributed by atoms with Crippen molar-refractivity contribution in [3.05, 3.63) is 89.5 Å². The lowest BCUT2D eigenvalue weighted by Gasteiger charge is -2.14. The van der Waals surface area contributed by atoms with Gasteiger partial charge < -0.3 is 16.0 Å². The molecule has 0 aliphatic rings. The zero-order chi connectivity index (χ0) is 19.9. The molecule has 142 valence electrons. The van der Waals surface area contributed by atoms with Gasteiger partial charge in [-0.25, -0.2) is 0 Å². The van der Waals surface area contributed by atoms with Crippen LogP contribution in [0.4, 0.5) is 17.1 Å². The van der Waals surface area contributed by atoms with E-state index in [1.54, 1.807) is 24.3 Å². The highest BCUT2D eigenvalue weighted by Crippen LogP contribution is 2.20. The van der Waals surface area contributed by atoms with E-state index in [9.17, 15) is 9.59 Å². The summed E-state index contributed by atoms with van der Waals surface area (Å²) in [5.74, 6) is -0.493. The third-order valence-electron chi connectivity index (χ3n) is 4.38. The van der Waals surface area contributed by atoms with Gasteiger partial charge in [-0.2, -0.15) is 0 Å². The molecule has 3 aromatic carbocycles. The van der Waals surface area contributed by atoms with Crippen molar-refractivity contribution in [2.45, 2.75) is 13.8 Å². The summed E-state index contributed by atoms with van der Waals surface area (Å²) in [5.41, 5.74) is 4.69. The largest absolute Gasteiger partial charge is 0.376 e. The van der Waals surface area contributed by atoms with Crippen molar-refractivity contribution >= 4 is 28.9 Å². The average molecular weight is 373 g/mol. The second-order valence-electron chi connectivity index (χ2n) is 6.53. The number of hydrogen-bond donors (Lipinski definition) is 3. The van der Waals surface area contributed by atoms with Gasteiger partial charge >= 0.3 is 0 Å². The van der Waals surface area contributed by atoms with Crippen LogP contribution in [-0.2, 0) is 4.79 Å². The van der Waals surface area contributed by atoms with Crippen LogP contribution in [0.2, 0.25) is 0 Å². The third kappa shape index (κ3) is 4.76. The number of amides is 2. The van der Waals surface area contributed by atoms with E-state index in [1.165, 1.54) is 0 Å². The summed E-state index contributed by atoms with van der Waals surface area (Å²) in [5, 5.41) is 8.84. The molecule has 0 fully saturated rings. The molecule has 5 heteroatoms. The Labute approximate surface area is 164 Å². The highest BCUT2D eigenvalue weighted by Gasteiger charge is 2.13. The van der Waals surface area contributed by atoms with E-state index in [-0.39, 0.29) is 18.4 Å². The van der Waals surface area contributed by atoms with Gasteiger partial charge in [0.15, 0.2) is 0 Å². The first-order chi connectivity index (χ1) is 13.5. The molecule has 0 aliphatic carbocycles. The SMILES string of the molecule is Cc1cccc(C)c1NCC(=O)Nc1ccccc1C(=O)Nc1ccccc1. The molecule has 0 atom stereocenters. The smallest absolute Gasteiger partial charge is 0.257 e. The van der Waals surface area contributed by atoms with Crippen molar-refractivity contribution < 1.29 is 9.59 Å². The lowest BCUT2D eigenvalue weighted by molar-refractivity contribution is -0.114. The fourth-order valence-electron chi connectivity index (χ4n) is 2.97. The molecule has 3 rings (SSSR count). The van der Waals surface area contributed by atoms with Crippen molar-refractivity contribution in [2.24, 2.45) is 0 Å². The molecule has 3 N–H and O–H groups in total. The van der Waals surface area contributed by atoms with Crippen LogP contribution in [0, 0.1) is 13.8 Å². The van der Waals surface area contributed by atoms with Gasteiger partial charge in [0.05, 0.1) is 17.8 Å². The second kappa shape index (κ2) is 8.86. The highest BCUT2D eigenvalue weighted by molar-refractivity contribution is 6.10. The molecule has 5 nitrogen and oxygen atoms in total. The van der Waals surface area contributed by atoms with Crippen LogP contribution in [-0.4, -0.2) is 18.4 Å². The zero-order valence-corrected chi connectivity index (χ0v) is 16.0. The minimum Gasteiger partial charge on any atom is -0.376 e. The molecule has 0 bridgehead atoms. The highest BCUT2D eigenvalue weighted by atomic mass is 16.2. The Morgan fingerprint density at radius 2 is 1.39 bits per heavy atom. The molecule has 0 radical (unpaired) electrons. The normalized spacial score (nSPS) is 10.2. The maximum Gasteiger partial charge on any atom is 0.257 e. The van der Waals surface area contributed by atoms with Gasteiger partial charge in [0.2, 0.25) is 5.91 Å². The van der Waals surface area contributed by atoms with Crippen molar-refractivity contribution in [2.75, 3.05) is 22.5 Å². The molecule has 0 saturated heterocycles. The molecule has 0 heterocycles. The molecule has 0 spiro atoms. The Balaban J connectivity index is 1.67. The predicted molar refractivity (Wildman–Crippen MR) is 114 cm³/mol. The maximum atomic E-state index is 12.6. The van der Waals surface area contributed by atoms with Gasteiger partial charge in [-0.15, -0.1) is 0 Å².